The highest BCUT2D eigenvalue weighted by molar-refractivity contribution is 4.95. The summed E-state index contributed by atoms with van der Waals surface area (Å²) in [6.07, 6.45) is 5.17. The van der Waals surface area contributed by atoms with Crippen molar-refractivity contribution in [1.29, 1.82) is 0 Å². The van der Waals surface area contributed by atoms with Gasteiger partial charge >= 0.3 is 0 Å². The lowest BCUT2D eigenvalue weighted by molar-refractivity contribution is 0.213. The van der Waals surface area contributed by atoms with Crippen molar-refractivity contribution in [3.8, 4) is 11.8 Å². The lowest BCUT2D eigenvalue weighted by Gasteiger charge is -2.28. The molecule has 0 aromatic rings. The van der Waals surface area contributed by atoms with Crippen molar-refractivity contribution in [2.24, 2.45) is 5.92 Å². The van der Waals surface area contributed by atoms with Crippen LogP contribution in [0, 0.1) is 17.8 Å². The molecule has 68 valence electrons. The summed E-state index contributed by atoms with van der Waals surface area (Å²) in [6, 6.07) is 0. The second kappa shape index (κ2) is 5.22. The maximum absolute atomic E-state index is 3.14. The highest BCUT2D eigenvalue weighted by Crippen LogP contribution is 2.20. The monoisotopic (exact) mass is 165 g/mol. The van der Waals surface area contributed by atoms with Crippen molar-refractivity contribution >= 4 is 0 Å². The molecule has 0 aromatic heterocycles. The Kier molecular flexibility index (Phi) is 4.18. The van der Waals surface area contributed by atoms with Crippen LogP contribution in [0.3, 0.4) is 0 Å². The minimum atomic E-state index is 0.946. The van der Waals surface area contributed by atoms with Gasteiger partial charge in [0, 0.05) is 6.42 Å². The van der Waals surface area contributed by atoms with E-state index in [-0.39, 0.29) is 0 Å². The summed E-state index contributed by atoms with van der Waals surface area (Å²) in [5, 5.41) is 0. The zero-order valence-corrected chi connectivity index (χ0v) is 8.27. The van der Waals surface area contributed by atoms with Gasteiger partial charge in [0.2, 0.25) is 0 Å². The van der Waals surface area contributed by atoms with E-state index < -0.39 is 0 Å². The molecule has 0 radical (unpaired) electrons. The van der Waals surface area contributed by atoms with Crippen molar-refractivity contribution < 1.29 is 0 Å². The van der Waals surface area contributed by atoms with E-state index in [1.165, 1.54) is 32.4 Å². The van der Waals surface area contributed by atoms with E-state index in [0.29, 0.717) is 0 Å². The van der Waals surface area contributed by atoms with Crippen molar-refractivity contribution in [1.82, 2.24) is 4.90 Å². The molecule has 0 saturated carbocycles. The molecule has 0 N–H and O–H groups in total. The van der Waals surface area contributed by atoms with Gasteiger partial charge in [-0.25, -0.2) is 0 Å². The Bertz CT molecular complexity index is 167. The van der Waals surface area contributed by atoms with Crippen molar-refractivity contribution in [2.75, 3.05) is 20.1 Å². The van der Waals surface area contributed by atoms with E-state index >= 15 is 0 Å². The van der Waals surface area contributed by atoms with Crippen molar-refractivity contribution in [3.63, 3.8) is 0 Å². The fraction of sp³-hybridized carbons (Fsp3) is 0.818. The summed E-state index contributed by atoms with van der Waals surface area (Å²) in [5.74, 6) is 7.05. The van der Waals surface area contributed by atoms with Gasteiger partial charge in [-0.05, 0) is 52.2 Å². The van der Waals surface area contributed by atoms with E-state index in [1.807, 2.05) is 6.92 Å². The first-order valence-electron chi connectivity index (χ1n) is 4.91. The molecular formula is C11H19N. The normalized spacial score (nSPS) is 20.2. The van der Waals surface area contributed by atoms with Gasteiger partial charge in [-0.1, -0.05) is 0 Å². The molecule has 0 amide bonds. The van der Waals surface area contributed by atoms with Gasteiger partial charge in [-0.3, -0.25) is 0 Å². The minimum Gasteiger partial charge on any atom is -0.306 e. The molecule has 12 heavy (non-hydrogen) atoms. The number of hydrogen-bond donors (Lipinski definition) is 0. The number of piperidine rings is 1. The Hall–Kier alpha value is -0.480. The molecule has 1 rings (SSSR count). The summed E-state index contributed by atoms with van der Waals surface area (Å²) in [5.41, 5.74) is 0. The Labute approximate surface area is 76.1 Å². The van der Waals surface area contributed by atoms with Crippen LogP contribution in [0.2, 0.25) is 0 Å². The molecule has 1 fully saturated rings. The lowest BCUT2D eigenvalue weighted by atomic mass is 9.93. The summed E-state index contributed by atoms with van der Waals surface area (Å²) in [4.78, 5) is 2.42. The molecule has 0 aromatic carbocycles. The maximum atomic E-state index is 3.14. The third kappa shape index (κ3) is 3.28. The highest BCUT2D eigenvalue weighted by atomic mass is 15.1. The van der Waals surface area contributed by atoms with Gasteiger partial charge in [0.1, 0.15) is 0 Å². The number of rotatable bonds is 2. The van der Waals surface area contributed by atoms with Crippen LogP contribution in [0.4, 0.5) is 0 Å². The first kappa shape index (κ1) is 9.61. The molecule has 1 aliphatic heterocycles. The SMILES string of the molecule is CC#CCCC1CCN(C)CC1. The van der Waals surface area contributed by atoms with Crippen LogP contribution in [0.15, 0.2) is 0 Å². The maximum Gasteiger partial charge on any atom is 0.00912 e. The Morgan fingerprint density at radius 1 is 1.33 bits per heavy atom. The molecular weight excluding hydrogens is 146 g/mol. The largest absolute Gasteiger partial charge is 0.306 e. The number of likely N-dealkylation sites (tertiary alicyclic amines) is 1. The molecule has 1 aliphatic rings. The van der Waals surface area contributed by atoms with E-state index in [9.17, 15) is 0 Å². The second-order valence-corrected chi connectivity index (χ2v) is 3.71. The molecule has 1 nitrogen and oxygen atoms in total. The van der Waals surface area contributed by atoms with E-state index in [4.69, 9.17) is 0 Å². The zero-order chi connectivity index (χ0) is 8.81. The van der Waals surface area contributed by atoms with Crippen LogP contribution < -0.4 is 0 Å². The number of hydrogen-bond acceptors (Lipinski definition) is 1. The molecule has 1 saturated heterocycles. The lowest BCUT2D eigenvalue weighted by Crippen LogP contribution is -2.30. The minimum absolute atomic E-state index is 0.946. The highest BCUT2D eigenvalue weighted by Gasteiger charge is 2.15. The first-order valence-corrected chi connectivity index (χ1v) is 4.91. The summed E-state index contributed by atoms with van der Waals surface area (Å²) < 4.78 is 0. The molecule has 1 heterocycles. The van der Waals surface area contributed by atoms with Gasteiger partial charge < -0.3 is 4.90 Å². The van der Waals surface area contributed by atoms with Gasteiger partial charge in [0.15, 0.2) is 0 Å². The van der Waals surface area contributed by atoms with E-state index in [0.717, 1.165) is 12.3 Å². The summed E-state index contributed by atoms with van der Waals surface area (Å²) in [6.45, 7) is 4.49. The topological polar surface area (TPSA) is 3.24 Å². The summed E-state index contributed by atoms with van der Waals surface area (Å²) >= 11 is 0. The zero-order valence-electron chi connectivity index (χ0n) is 8.27. The fourth-order valence-electron chi connectivity index (χ4n) is 1.75. The summed E-state index contributed by atoms with van der Waals surface area (Å²) in [7, 11) is 2.21. The molecule has 0 unspecified atom stereocenters. The molecule has 0 atom stereocenters. The average molecular weight is 165 g/mol. The number of nitrogens with zero attached hydrogens (tertiary/aromatic N) is 1. The smallest absolute Gasteiger partial charge is 0.00912 e. The Balaban J connectivity index is 2.12. The van der Waals surface area contributed by atoms with Gasteiger partial charge in [0.05, 0.1) is 0 Å². The van der Waals surface area contributed by atoms with Crippen molar-refractivity contribution in [3.05, 3.63) is 0 Å². The Morgan fingerprint density at radius 3 is 2.58 bits per heavy atom. The molecule has 0 bridgehead atoms. The van der Waals surface area contributed by atoms with Gasteiger partial charge in [-0.2, -0.15) is 0 Å². The van der Waals surface area contributed by atoms with Gasteiger partial charge in [0.25, 0.3) is 0 Å². The van der Waals surface area contributed by atoms with Crippen molar-refractivity contribution in [2.45, 2.75) is 32.6 Å². The first-order chi connectivity index (χ1) is 5.83. The standard InChI is InChI=1S/C11H19N/c1-3-4-5-6-11-7-9-12(2)10-8-11/h11H,5-10H2,1-2H3. The molecule has 0 spiro atoms. The molecule has 1 heteroatoms. The van der Waals surface area contributed by atoms with Crippen LogP contribution in [-0.2, 0) is 0 Å². The van der Waals surface area contributed by atoms with Crippen LogP contribution in [-0.4, -0.2) is 25.0 Å². The van der Waals surface area contributed by atoms with Crippen LogP contribution >= 0.6 is 0 Å². The van der Waals surface area contributed by atoms with Crippen LogP contribution in [0.5, 0.6) is 0 Å². The average Bonchev–Trinajstić information content (AvgIpc) is 2.09. The van der Waals surface area contributed by atoms with E-state index in [1.54, 1.807) is 0 Å². The predicted molar refractivity (Wildman–Crippen MR) is 52.9 cm³/mol. The third-order valence-electron chi connectivity index (χ3n) is 2.69. The predicted octanol–water partition coefficient (Wildman–Crippen LogP) is 2.13. The van der Waals surface area contributed by atoms with Gasteiger partial charge in [-0.15, -0.1) is 11.8 Å². The second-order valence-electron chi connectivity index (χ2n) is 3.71. The van der Waals surface area contributed by atoms with Crippen LogP contribution in [0.1, 0.15) is 32.6 Å². The fourth-order valence-corrected chi connectivity index (χ4v) is 1.75. The Morgan fingerprint density at radius 2 is 2.00 bits per heavy atom. The van der Waals surface area contributed by atoms with E-state index in [2.05, 4.69) is 23.8 Å². The third-order valence-corrected chi connectivity index (χ3v) is 2.69. The van der Waals surface area contributed by atoms with Crippen LogP contribution in [0.25, 0.3) is 0 Å². The molecule has 0 aliphatic carbocycles. The quantitative estimate of drug-likeness (QED) is 0.567.